The Labute approximate surface area is 142 Å². The summed E-state index contributed by atoms with van der Waals surface area (Å²) in [7, 11) is 0. The molecular formula is C15H22FIN4. The zero-order chi connectivity index (χ0) is 15.2. The highest BCUT2D eigenvalue weighted by Gasteiger charge is 2.12. The van der Waals surface area contributed by atoms with Crippen LogP contribution in [0.4, 0.5) is 4.39 Å². The van der Waals surface area contributed by atoms with Crippen molar-refractivity contribution in [2.75, 3.05) is 6.54 Å². The molecule has 0 heterocycles. The number of nitriles is 1. The summed E-state index contributed by atoms with van der Waals surface area (Å²) in [5, 5.41) is 15.2. The van der Waals surface area contributed by atoms with Crippen molar-refractivity contribution < 1.29 is 4.39 Å². The average molecular weight is 404 g/mol. The number of benzene rings is 1. The van der Waals surface area contributed by atoms with Crippen molar-refractivity contribution >= 4 is 29.9 Å². The van der Waals surface area contributed by atoms with E-state index in [2.05, 4.69) is 15.6 Å². The molecule has 0 spiro atoms. The van der Waals surface area contributed by atoms with Gasteiger partial charge in [-0.05, 0) is 45.9 Å². The first-order chi connectivity index (χ1) is 9.35. The fourth-order valence-corrected chi connectivity index (χ4v) is 1.59. The van der Waals surface area contributed by atoms with Crippen LogP contribution in [0.3, 0.4) is 0 Å². The zero-order valence-electron chi connectivity index (χ0n) is 12.8. The van der Waals surface area contributed by atoms with Gasteiger partial charge in [0, 0.05) is 17.6 Å². The number of guanidine groups is 1. The third kappa shape index (κ3) is 7.27. The van der Waals surface area contributed by atoms with Gasteiger partial charge in [0.1, 0.15) is 5.82 Å². The molecule has 0 aliphatic heterocycles. The highest BCUT2D eigenvalue weighted by molar-refractivity contribution is 14.0. The number of rotatable bonds is 3. The molecule has 6 heteroatoms. The van der Waals surface area contributed by atoms with Gasteiger partial charge in [-0.3, -0.25) is 0 Å². The monoisotopic (exact) mass is 404 g/mol. The molecule has 2 N–H and O–H groups in total. The maximum absolute atomic E-state index is 13.7. The summed E-state index contributed by atoms with van der Waals surface area (Å²) in [6, 6.07) is 6.29. The molecule has 4 nitrogen and oxygen atoms in total. The molecule has 0 radical (unpaired) electrons. The van der Waals surface area contributed by atoms with E-state index in [1.165, 1.54) is 18.2 Å². The Morgan fingerprint density at radius 1 is 1.38 bits per heavy atom. The lowest BCUT2D eigenvalue weighted by Gasteiger charge is -2.23. The van der Waals surface area contributed by atoms with Gasteiger partial charge < -0.3 is 10.6 Å². The SMILES string of the molecule is CCNC(=NCc1cc(C#N)ccc1F)NC(C)(C)C.I. The van der Waals surface area contributed by atoms with Crippen LogP contribution in [0, 0.1) is 17.1 Å². The van der Waals surface area contributed by atoms with Crippen LogP contribution >= 0.6 is 24.0 Å². The van der Waals surface area contributed by atoms with E-state index in [-0.39, 0.29) is 41.9 Å². The van der Waals surface area contributed by atoms with E-state index in [4.69, 9.17) is 5.26 Å². The predicted molar refractivity (Wildman–Crippen MR) is 94.2 cm³/mol. The highest BCUT2D eigenvalue weighted by Crippen LogP contribution is 2.11. The molecule has 0 bridgehead atoms. The molecule has 116 valence electrons. The Morgan fingerprint density at radius 3 is 2.57 bits per heavy atom. The van der Waals surface area contributed by atoms with E-state index < -0.39 is 0 Å². The summed E-state index contributed by atoms with van der Waals surface area (Å²) in [6.45, 7) is 8.95. The minimum Gasteiger partial charge on any atom is -0.357 e. The van der Waals surface area contributed by atoms with Gasteiger partial charge in [-0.1, -0.05) is 0 Å². The Balaban J connectivity index is 0.00000400. The van der Waals surface area contributed by atoms with Gasteiger partial charge in [-0.2, -0.15) is 5.26 Å². The summed E-state index contributed by atoms with van der Waals surface area (Å²) in [5.74, 6) is 0.279. The molecule has 0 saturated heterocycles. The van der Waals surface area contributed by atoms with Crippen molar-refractivity contribution in [2.45, 2.75) is 39.8 Å². The molecule has 0 unspecified atom stereocenters. The van der Waals surface area contributed by atoms with Crippen LogP contribution in [0.25, 0.3) is 0 Å². The summed E-state index contributed by atoms with van der Waals surface area (Å²) in [6.07, 6.45) is 0. The number of nitrogens with zero attached hydrogens (tertiary/aromatic N) is 2. The molecule has 1 aromatic rings. The van der Waals surface area contributed by atoms with Crippen LogP contribution in [0.1, 0.15) is 38.8 Å². The summed E-state index contributed by atoms with van der Waals surface area (Å²) in [5.41, 5.74) is 0.717. The Kier molecular flexibility index (Phi) is 8.25. The molecular weight excluding hydrogens is 382 g/mol. The van der Waals surface area contributed by atoms with E-state index >= 15 is 0 Å². The van der Waals surface area contributed by atoms with Gasteiger partial charge in [0.15, 0.2) is 5.96 Å². The average Bonchev–Trinajstić information content (AvgIpc) is 2.36. The van der Waals surface area contributed by atoms with E-state index in [1.807, 2.05) is 33.8 Å². The minimum absolute atomic E-state index is 0. The second-order valence-corrected chi connectivity index (χ2v) is 5.49. The lowest BCUT2D eigenvalue weighted by atomic mass is 10.1. The molecule has 0 aromatic heterocycles. The van der Waals surface area contributed by atoms with Gasteiger partial charge in [0.25, 0.3) is 0 Å². The molecule has 0 saturated carbocycles. The third-order valence-corrected chi connectivity index (χ3v) is 2.42. The Morgan fingerprint density at radius 2 is 2.05 bits per heavy atom. The van der Waals surface area contributed by atoms with Gasteiger partial charge in [-0.25, -0.2) is 9.38 Å². The Bertz CT molecular complexity index is 529. The van der Waals surface area contributed by atoms with E-state index in [0.29, 0.717) is 17.1 Å². The highest BCUT2D eigenvalue weighted by atomic mass is 127. The minimum atomic E-state index is -0.348. The third-order valence-electron chi connectivity index (χ3n) is 2.42. The second-order valence-electron chi connectivity index (χ2n) is 5.49. The molecule has 1 aromatic carbocycles. The fourth-order valence-electron chi connectivity index (χ4n) is 1.59. The van der Waals surface area contributed by atoms with E-state index in [1.54, 1.807) is 0 Å². The quantitative estimate of drug-likeness (QED) is 0.462. The van der Waals surface area contributed by atoms with Gasteiger partial charge >= 0.3 is 0 Å². The largest absolute Gasteiger partial charge is 0.357 e. The smallest absolute Gasteiger partial charge is 0.191 e. The number of nitrogens with one attached hydrogen (secondary N) is 2. The van der Waals surface area contributed by atoms with Crippen LogP contribution in [0.2, 0.25) is 0 Å². The van der Waals surface area contributed by atoms with Crippen molar-refractivity contribution in [2.24, 2.45) is 4.99 Å². The molecule has 0 atom stereocenters. The normalized spacial score (nSPS) is 11.3. The summed E-state index contributed by atoms with van der Waals surface area (Å²) >= 11 is 0. The van der Waals surface area contributed by atoms with Crippen molar-refractivity contribution in [3.63, 3.8) is 0 Å². The van der Waals surface area contributed by atoms with Crippen LogP contribution in [-0.4, -0.2) is 18.0 Å². The topological polar surface area (TPSA) is 60.2 Å². The van der Waals surface area contributed by atoms with Crippen molar-refractivity contribution in [1.82, 2.24) is 10.6 Å². The van der Waals surface area contributed by atoms with E-state index in [0.717, 1.165) is 6.54 Å². The number of aliphatic imine (C=N–C) groups is 1. The van der Waals surface area contributed by atoms with Crippen LogP contribution in [0.5, 0.6) is 0 Å². The number of hydrogen-bond acceptors (Lipinski definition) is 2. The first-order valence-electron chi connectivity index (χ1n) is 6.60. The predicted octanol–water partition coefficient (Wildman–Crippen LogP) is 3.17. The number of halogens is 2. The first-order valence-corrected chi connectivity index (χ1v) is 6.60. The lowest BCUT2D eigenvalue weighted by Crippen LogP contribution is -2.47. The van der Waals surface area contributed by atoms with E-state index in [9.17, 15) is 4.39 Å². The molecule has 21 heavy (non-hydrogen) atoms. The molecule has 0 aliphatic carbocycles. The standard InChI is InChI=1S/C15H21FN4.HI/c1-5-18-14(20-15(2,3)4)19-10-12-8-11(9-17)6-7-13(12)16;/h6-8H,5,10H2,1-4H3,(H2,18,19,20);1H. The van der Waals surface area contributed by atoms with Crippen LogP contribution in [0.15, 0.2) is 23.2 Å². The molecule has 0 fully saturated rings. The van der Waals surface area contributed by atoms with Gasteiger partial charge in [-0.15, -0.1) is 24.0 Å². The molecule has 1 rings (SSSR count). The lowest BCUT2D eigenvalue weighted by molar-refractivity contribution is 0.501. The zero-order valence-corrected chi connectivity index (χ0v) is 15.2. The van der Waals surface area contributed by atoms with Crippen molar-refractivity contribution in [1.29, 1.82) is 5.26 Å². The maximum Gasteiger partial charge on any atom is 0.191 e. The van der Waals surface area contributed by atoms with Gasteiger partial charge in [0.05, 0.1) is 18.2 Å². The molecule has 0 amide bonds. The summed E-state index contributed by atoms with van der Waals surface area (Å²) in [4.78, 5) is 4.35. The summed E-state index contributed by atoms with van der Waals surface area (Å²) < 4.78 is 13.7. The van der Waals surface area contributed by atoms with Crippen LogP contribution in [-0.2, 0) is 6.54 Å². The Hall–Kier alpha value is -1.36. The van der Waals surface area contributed by atoms with Crippen molar-refractivity contribution in [3.05, 3.63) is 35.1 Å². The first kappa shape index (κ1) is 19.6. The van der Waals surface area contributed by atoms with Crippen LogP contribution < -0.4 is 10.6 Å². The molecule has 0 aliphatic rings. The second kappa shape index (κ2) is 8.82. The fraction of sp³-hybridized carbons (Fsp3) is 0.467. The van der Waals surface area contributed by atoms with Crippen molar-refractivity contribution in [3.8, 4) is 6.07 Å². The number of hydrogen-bond donors (Lipinski definition) is 2. The van der Waals surface area contributed by atoms with Gasteiger partial charge in [0.2, 0.25) is 0 Å². The maximum atomic E-state index is 13.7.